The third kappa shape index (κ3) is 3.97. The number of ether oxygens (including phenoxy) is 1. The van der Waals surface area contributed by atoms with E-state index < -0.39 is 0 Å². The lowest BCUT2D eigenvalue weighted by molar-refractivity contribution is -0.126. The second-order valence-corrected chi connectivity index (χ2v) is 5.34. The molecule has 4 nitrogen and oxygen atoms in total. The standard InChI is InChI=1S/C16H24N2O2/c1-3-20-15-7-5-4-6-14(15)12-17-16(19)13-8-10-18(2)11-9-13/h4-7,13H,3,8-12H2,1-2H3,(H,17,19). The van der Waals surface area contributed by atoms with E-state index in [2.05, 4.69) is 17.3 Å². The van der Waals surface area contributed by atoms with Gasteiger partial charge in [0.25, 0.3) is 0 Å². The lowest BCUT2D eigenvalue weighted by Gasteiger charge is -2.28. The molecule has 1 aliphatic heterocycles. The Balaban J connectivity index is 1.87. The van der Waals surface area contributed by atoms with Gasteiger partial charge in [0.05, 0.1) is 6.61 Å². The average Bonchev–Trinajstić information content (AvgIpc) is 2.47. The van der Waals surface area contributed by atoms with E-state index in [-0.39, 0.29) is 11.8 Å². The molecule has 0 bridgehead atoms. The summed E-state index contributed by atoms with van der Waals surface area (Å²) in [7, 11) is 2.10. The lowest BCUT2D eigenvalue weighted by atomic mass is 9.96. The van der Waals surface area contributed by atoms with E-state index in [0.29, 0.717) is 13.2 Å². The van der Waals surface area contributed by atoms with Crippen LogP contribution in [0.15, 0.2) is 24.3 Å². The van der Waals surface area contributed by atoms with Gasteiger partial charge >= 0.3 is 0 Å². The Kier molecular flexibility index (Phi) is 5.41. The molecule has 2 rings (SSSR count). The van der Waals surface area contributed by atoms with Gasteiger partial charge in [-0.1, -0.05) is 18.2 Å². The summed E-state index contributed by atoms with van der Waals surface area (Å²) in [6.07, 6.45) is 1.91. The zero-order valence-electron chi connectivity index (χ0n) is 12.4. The number of amides is 1. The van der Waals surface area contributed by atoms with Crippen LogP contribution in [0.1, 0.15) is 25.3 Å². The number of hydrogen-bond acceptors (Lipinski definition) is 3. The minimum Gasteiger partial charge on any atom is -0.494 e. The van der Waals surface area contributed by atoms with Crippen molar-refractivity contribution in [2.45, 2.75) is 26.3 Å². The van der Waals surface area contributed by atoms with Crippen LogP contribution in [-0.2, 0) is 11.3 Å². The lowest BCUT2D eigenvalue weighted by Crippen LogP contribution is -2.38. The van der Waals surface area contributed by atoms with Gasteiger partial charge in [0.1, 0.15) is 5.75 Å². The van der Waals surface area contributed by atoms with Crippen molar-refractivity contribution in [2.24, 2.45) is 5.92 Å². The van der Waals surface area contributed by atoms with Crippen molar-refractivity contribution in [2.75, 3.05) is 26.7 Å². The third-order valence-electron chi connectivity index (χ3n) is 3.81. The summed E-state index contributed by atoms with van der Waals surface area (Å²) in [6, 6.07) is 7.87. The molecule has 110 valence electrons. The molecule has 0 aliphatic carbocycles. The first-order valence-corrected chi connectivity index (χ1v) is 7.37. The highest BCUT2D eigenvalue weighted by Crippen LogP contribution is 2.19. The fourth-order valence-electron chi connectivity index (χ4n) is 2.54. The van der Waals surface area contributed by atoms with E-state index in [1.165, 1.54) is 0 Å². The van der Waals surface area contributed by atoms with Gasteiger partial charge in [0, 0.05) is 18.0 Å². The number of carbonyl (C=O) groups is 1. The molecule has 1 amide bonds. The van der Waals surface area contributed by atoms with Crippen molar-refractivity contribution < 1.29 is 9.53 Å². The van der Waals surface area contributed by atoms with Crippen molar-refractivity contribution in [1.29, 1.82) is 0 Å². The maximum absolute atomic E-state index is 12.2. The minimum atomic E-state index is 0.158. The van der Waals surface area contributed by atoms with E-state index in [4.69, 9.17) is 4.74 Å². The molecule has 4 heteroatoms. The Bertz CT molecular complexity index is 440. The SMILES string of the molecule is CCOc1ccccc1CNC(=O)C1CCN(C)CC1. The minimum absolute atomic E-state index is 0.158. The molecule has 1 aromatic rings. The predicted octanol–water partition coefficient (Wildman–Crippen LogP) is 2.04. The second-order valence-electron chi connectivity index (χ2n) is 5.34. The first kappa shape index (κ1) is 14.9. The number of hydrogen-bond donors (Lipinski definition) is 1. The van der Waals surface area contributed by atoms with E-state index in [0.717, 1.165) is 37.2 Å². The van der Waals surface area contributed by atoms with Crippen molar-refractivity contribution >= 4 is 5.91 Å². The van der Waals surface area contributed by atoms with Crippen LogP contribution in [-0.4, -0.2) is 37.6 Å². The number of rotatable bonds is 5. The Morgan fingerprint density at radius 1 is 1.35 bits per heavy atom. The van der Waals surface area contributed by atoms with Crippen molar-refractivity contribution in [3.63, 3.8) is 0 Å². The van der Waals surface area contributed by atoms with Crippen LogP contribution in [0.3, 0.4) is 0 Å². The summed E-state index contributed by atoms with van der Waals surface area (Å²) < 4.78 is 5.57. The maximum Gasteiger partial charge on any atom is 0.223 e. The smallest absolute Gasteiger partial charge is 0.223 e. The summed E-state index contributed by atoms with van der Waals surface area (Å²) >= 11 is 0. The van der Waals surface area contributed by atoms with Crippen LogP contribution in [0.5, 0.6) is 5.75 Å². The first-order valence-electron chi connectivity index (χ1n) is 7.37. The maximum atomic E-state index is 12.2. The van der Waals surface area contributed by atoms with Gasteiger partial charge < -0.3 is 15.0 Å². The number of nitrogens with one attached hydrogen (secondary N) is 1. The monoisotopic (exact) mass is 276 g/mol. The van der Waals surface area contributed by atoms with E-state index in [1.807, 2.05) is 31.2 Å². The van der Waals surface area contributed by atoms with Gasteiger partial charge in [0.2, 0.25) is 5.91 Å². The number of piperidine rings is 1. The van der Waals surface area contributed by atoms with Crippen molar-refractivity contribution in [3.8, 4) is 5.75 Å². The zero-order chi connectivity index (χ0) is 14.4. The van der Waals surface area contributed by atoms with Crippen LogP contribution in [0.4, 0.5) is 0 Å². The molecule has 1 N–H and O–H groups in total. The molecular weight excluding hydrogens is 252 g/mol. The van der Waals surface area contributed by atoms with Gasteiger partial charge in [-0.2, -0.15) is 0 Å². The summed E-state index contributed by atoms with van der Waals surface area (Å²) in [6.45, 7) is 5.16. The largest absolute Gasteiger partial charge is 0.494 e. The molecular formula is C16H24N2O2. The van der Waals surface area contributed by atoms with Gasteiger partial charge in [-0.15, -0.1) is 0 Å². The zero-order valence-corrected chi connectivity index (χ0v) is 12.4. The summed E-state index contributed by atoms with van der Waals surface area (Å²) in [5.74, 6) is 1.19. The molecule has 1 aromatic carbocycles. The van der Waals surface area contributed by atoms with Crippen LogP contribution in [0.25, 0.3) is 0 Å². The molecule has 0 spiro atoms. The topological polar surface area (TPSA) is 41.6 Å². The fraction of sp³-hybridized carbons (Fsp3) is 0.562. The summed E-state index contributed by atoms with van der Waals surface area (Å²) in [5, 5.41) is 3.04. The third-order valence-corrected chi connectivity index (χ3v) is 3.81. The van der Waals surface area contributed by atoms with Crippen molar-refractivity contribution in [3.05, 3.63) is 29.8 Å². The Morgan fingerprint density at radius 3 is 2.75 bits per heavy atom. The molecule has 0 saturated carbocycles. The van der Waals surface area contributed by atoms with Gasteiger partial charge in [0.15, 0.2) is 0 Å². The number of nitrogens with zero attached hydrogens (tertiary/aromatic N) is 1. The predicted molar refractivity (Wildman–Crippen MR) is 79.7 cm³/mol. The fourth-order valence-corrected chi connectivity index (χ4v) is 2.54. The summed E-state index contributed by atoms with van der Waals surface area (Å²) in [5.41, 5.74) is 1.04. The van der Waals surface area contributed by atoms with Crippen LogP contribution in [0, 0.1) is 5.92 Å². The molecule has 1 fully saturated rings. The van der Waals surface area contributed by atoms with Crippen LogP contribution < -0.4 is 10.1 Å². The molecule has 1 heterocycles. The van der Waals surface area contributed by atoms with Crippen LogP contribution in [0.2, 0.25) is 0 Å². The average molecular weight is 276 g/mol. The molecule has 1 saturated heterocycles. The number of carbonyl (C=O) groups excluding carboxylic acids is 1. The van der Waals surface area contributed by atoms with Gasteiger partial charge in [-0.25, -0.2) is 0 Å². The first-order chi connectivity index (χ1) is 9.70. The number of para-hydroxylation sites is 1. The normalized spacial score (nSPS) is 16.9. The van der Waals surface area contributed by atoms with E-state index in [9.17, 15) is 4.79 Å². The van der Waals surface area contributed by atoms with Gasteiger partial charge in [-0.3, -0.25) is 4.79 Å². The number of likely N-dealkylation sites (tertiary alicyclic amines) is 1. The van der Waals surface area contributed by atoms with Crippen LogP contribution >= 0.6 is 0 Å². The Labute approximate surface area is 121 Å². The highest BCUT2D eigenvalue weighted by molar-refractivity contribution is 5.78. The quantitative estimate of drug-likeness (QED) is 0.895. The van der Waals surface area contributed by atoms with Gasteiger partial charge in [-0.05, 0) is 46.0 Å². The Morgan fingerprint density at radius 2 is 2.05 bits per heavy atom. The molecule has 20 heavy (non-hydrogen) atoms. The Hall–Kier alpha value is -1.55. The molecule has 0 unspecified atom stereocenters. The number of benzene rings is 1. The summed E-state index contributed by atoms with van der Waals surface area (Å²) in [4.78, 5) is 14.4. The second kappa shape index (κ2) is 7.29. The van der Waals surface area contributed by atoms with E-state index >= 15 is 0 Å². The molecule has 0 atom stereocenters. The molecule has 1 aliphatic rings. The highest BCUT2D eigenvalue weighted by atomic mass is 16.5. The molecule has 0 aromatic heterocycles. The van der Waals surface area contributed by atoms with Crippen molar-refractivity contribution in [1.82, 2.24) is 10.2 Å². The molecule has 0 radical (unpaired) electrons. The highest BCUT2D eigenvalue weighted by Gasteiger charge is 2.23. The van der Waals surface area contributed by atoms with E-state index in [1.54, 1.807) is 0 Å².